The van der Waals surface area contributed by atoms with Crippen LogP contribution in [0.2, 0.25) is 0 Å². The number of nitrogens with zero attached hydrogens (tertiary/aromatic N) is 3. The summed E-state index contributed by atoms with van der Waals surface area (Å²) in [6.45, 7) is 3.10. The van der Waals surface area contributed by atoms with Crippen LogP contribution < -0.4 is 10.5 Å². The minimum absolute atomic E-state index is 0.0391. The van der Waals surface area contributed by atoms with Crippen molar-refractivity contribution in [3.63, 3.8) is 0 Å². The van der Waals surface area contributed by atoms with Gasteiger partial charge in [0.05, 0.1) is 11.0 Å². The van der Waals surface area contributed by atoms with E-state index in [1.54, 1.807) is 38.1 Å². The minimum Gasteiger partial charge on any atom is -0.455 e. The van der Waals surface area contributed by atoms with E-state index >= 15 is 0 Å². The van der Waals surface area contributed by atoms with Gasteiger partial charge in [-0.2, -0.15) is 0 Å². The van der Waals surface area contributed by atoms with E-state index in [4.69, 9.17) is 10.5 Å². The van der Waals surface area contributed by atoms with E-state index in [9.17, 15) is 19.1 Å². The molecule has 3 rings (SSSR count). The maximum Gasteiger partial charge on any atom is 0.230 e. The fourth-order valence-electron chi connectivity index (χ4n) is 3.22. The molecule has 1 amide bonds. The molecule has 0 unspecified atom stereocenters. The van der Waals surface area contributed by atoms with Crippen molar-refractivity contribution in [1.29, 1.82) is 0 Å². The number of carbonyl (C=O) groups excluding carboxylic acids is 2. The summed E-state index contributed by atoms with van der Waals surface area (Å²) < 4.78 is 21.3. The van der Waals surface area contributed by atoms with Crippen molar-refractivity contribution in [2.75, 3.05) is 12.3 Å². The van der Waals surface area contributed by atoms with Crippen LogP contribution in [0, 0.1) is 12.7 Å². The highest BCUT2D eigenvalue weighted by atomic mass is 79.9. The fraction of sp³-hybridized carbons (Fsp3) is 0.200. The number of allylic oxidation sites excluding steroid dienone is 1. The average Bonchev–Trinajstić information content (AvgIpc) is 2.84. The maximum absolute atomic E-state index is 14.8. The highest BCUT2D eigenvalue weighted by Gasteiger charge is 2.23. The molecular formula is C25H24BrFN4O4S. The zero-order chi connectivity index (χ0) is 26.2. The third-order valence-electron chi connectivity index (χ3n) is 5.11. The lowest BCUT2D eigenvalue weighted by molar-refractivity contribution is -0.116. The fourth-order valence-corrected chi connectivity index (χ4v) is 4.56. The normalized spacial score (nSPS) is 11.6. The zero-order valence-electron chi connectivity index (χ0n) is 19.6. The summed E-state index contributed by atoms with van der Waals surface area (Å²) in [5.41, 5.74) is 6.62. The van der Waals surface area contributed by atoms with Gasteiger partial charge in [-0.15, -0.1) is 0 Å². The molecule has 2 aromatic carbocycles. The lowest BCUT2D eigenvalue weighted by Gasteiger charge is -2.22. The Morgan fingerprint density at radius 1 is 1.25 bits per heavy atom. The molecule has 0 radical (unpaired) electrons. The van der Waals surface area contributed by atoms with E-state index in [-0.39, 0.29) is 36.7 Å². The Labute approximate surface area is 220 Å². The number of aliphatic hydroxyl groups is 1. The molecule has 0 saturated carbocycles. The van der Waals surface area contributed by atoms with E-state index in [0.29, 0.717) is 38.6 Å². The molecule has 1 heterocycles. The first-order valence-electron chi connectivity index (χ1n) is 10.8. The van der Waals surface area contributed by atoms with Crippen LogP contribution in [0.3, 0.4) is 0 Å². The first kappa shape index (κ1) is 27.3. The molecule has 36 heavy (non-hydrogen) atoms. The number of carbonyl (C=O) groups is 2. The topological polar surface area (TPSA) is 119 Å². The Morgan fingerprint density at radius 3 is 2.64 bits per heavy atom. The van der Waals surface area contributed by atoms with Crippen molar-refractivity contribution in [3.8, 4) is 11.5 Å². The van der Waals surface area contributed by atoms with Crippen molar-refractivity contribution in [3.05, 3.63) is 86.5 Å². The molecule has 0 spiro atoms. The molecule has 0 saturated heterocycles. The molecule has 0 aliphatic heterocycles. The number of aliphatic hydroxyl groups excluding tert-OH is 1. The summed E-state index contributed by atoms with van der Waals surface area (Å²) in [5, 5.41) is 8.98. The molecule has 0 aliphatic carbocycles. The number of rotatable bonds is 10. The molecule has 0 fully saturated rings. The number of amides is 1. The smallest absolute Gasteiger partial charge is 0.230 e. The van der Waals surface area contributed by atoms with Gasteiger partial charge in [-0.05, 0) is 65.8 Å². The lowest BCUT2D eigenvalue weighted by atomic mass is 10.2. The number of hydrogen-bond acceptors (Lipinski definition) is 8. The highest BCUT2D eigenvalue weighted by Crippen LogP contribution is 2.36. The monoisotopic (exact) mass is 574 g/mol. The lowest BCUT2D eigenvalue weighted by Crippen LogP contribution is -2.22. The summed E-state index contributed by atoms with van der Waals surface area (Å²) in [6.07, 6.45) is 2.18. The Hall–Kier alpha value is -3.28. The van der Waals surface area contributed by atoms with Gasteiger partial charge in [-0.1, -0.05) is 18.2 Å². The standard InChI is InChI=1S/C25H24BrFN4O4S/c1-15(31(14-33)13-17-12-29-16(2)30-24(17)28)22(10-11-32)36-25(34)23-19(27)7-5-9-21(23)35-20-8-4-3-6-18(20)26/h3-9,12,14,32H,10-11,13H2,1-2H3,(H2,28,29,30)/b22-15-. The van der Waals surface area contributed by atoms with Gasteiger partial charge < -0.3 is 20.5 Å². The predicted molar refractivity (Wildman–Crippen MR) is 140 cm³/mol. The molecule has 8 nitrogen and oxygen atoms in total. The van der Waals surface area contributed by atoms with Crippen molar-refractivity contribution >= 4 is 45.0 Å². The van der Waals surface area contributed by atoms with Gasteiger partial charge in [-0.25, -0.2) is 14.4 Å². The van der Waals surface area contributed by atoms with Crippen LogP contribution in [0.25, 0.3) is 0 Å². The third kappa shape index (κ3) is 6.68. The Balaban J connectivity index is 1.92. The van der Waals surface area contributed by atoms with Crippen LogP contribution in [0.4, 0.5) is 10.2 Å². The number of para-hydroxylation sites is 1. The van der Waals surface area contributed by atoms with Crippen LogP contribution in [0.15, 0.2) is 63.7 Å². The largest absolute Gasteiger partial charge is 0.455 e. The first-order valence-corrected chi connectivity index (χ1v) is 12.4. The summed E-state index contributed by atoms with van der Waals surface area (Å²) in [5.74, 6) is 0.421. The molecular weight excluding hydrogens is 551 g/mol. The van der Waals surface area contributed by atoms with Crippen molar-refractivity contribution < 1.29 is 23.8 Å². The number of ether oxygens (including phenoxy) is 1. The summed E-state index contributed by atoms with van der Waals surface area (Å²) >= 11 is 4.09. The maximum atomic E-state index is 14.8. The van der Waals surface area contributed by atoms with Crippen molar-refractivity contribution in [2.24, 2.45) is 0 Å². The molecule has 3 aromatic rings. The number of nitrogens with two attached hydrogens (primary N) is 1. The average molecular weight is 575 g/mol. The number of halogens is 2. The number of anilines is 1. The third-order valence-corrected chi connectivity index (χ3v) is 6.90. The molecule has 3 N–H and O–H groups in total. The van der Waals surface area contributed by atoms with Crippen molar-refractivity contribution in [1.82, 2.24) is 14.9 Å². The minimum atomic E-state index is -0.755. The second-order valence-electron chi connectivity index (χ2n) is 7.58. The number of aryl methyl sites for hydroxylation is 1. The number of aromatic nitrogens is 2. The Morgan fingerprint density at radius 2 is 1.97 bits per heavy atom. The van der Waals surface area contributed by atoms with Crippen LogP contribution in [0.1, 0.15) is 35.1 Å². The van der Waals surface area contributed by atoms with E-state index in [1.165, 1.54) is 29.3 Å². The van der Waals surface area contributed by atoms with Crippen LogP contribution in [-0.2, 0) is 11.3 Å². The number of nitrogen functional groups attached to an aromatic ring is 1. The van der Waals surface area contributed by atoms with Crippen molar-refractivity contribution in [2.45, 2.75) is 26.8 Å². The summed E-state index contributed by atoms with van der Waals surface area (Å²) in [4.78, 5) is 35.1. The van der Waals surface area contributed by atoms with E-state index < -0.39 is 10.9 Å². The zero-order valence-corrected chi connectivity index (χ0v) is 22.0. The van der Waals surface area contributed by atoms with Gasteiger partial charge in [-0.3, -0.25) is 9.59 Å². The highest BCUT2D eigenvalue weighted by molar-refractivity contribution is 9.10. The number of benzene rings is 2. The molecule has 1 aromatic heterocycles. The predicted octanol–water partition coefficient (Wildman–Crippen LogP) is 5.21. The number of thioether (sulfide) groups is 1. The van der Waals surface area contributed by atoms with E-state index in [2.05, 4.69) is 25.9 Å². The Bertz CT molecular complexity index is 1300. The summed E-state index contributed by atoms with van der Waals surface area (Å²) in [7, 11) is 0. The van der Waals surface area contributed by atoms with Crippen LogP contribution in [-0.4, -0.2) is 38.1 Å². The van der Waals surface area contributed by atoms with E-state index in [0.717, 1.165) is 11.8 Å². The molecule has 0 aliphatic rings. The Kier molecular flexibility index (Phi) is 9.57. The molecule has 11 heteroatoms. The number of hydrogen-bond donors (Lipinski definition) is 2. The molecule has 0 bridgehead atoms. The van der Waals surface area contributed by atoms with Gasteiger partial charge in [0.25, 0.3) is 0 Å². The second kappa shape index (κ2) is 12.6. The van der Waals surface area contributed by atoms with Crippen LogP contribution >= 0.6 is 27.7 Å². The van der Waals surface area contributed by atoms with E-state index in [1.807, 2.05) is 0 Å². The van der Waals surface area contributed by atoms with Gasteiger partial charge in [0.2, 0.25) is 11.5 Å². The van der Waals surface area contributed by atoms with Gasteiger partial charge in [0.15, 0.2) is 0 Å². The quantitative estimate of drug-likeness (QED) is 0.317. The SMILES string of the molecule is C/C(=C(\CCO)SC(=O)c1c(F)cccc1Oc1ccccc1Br)N(C=O)Cc1cnc(C)nc1N. The molecule has 0 atom stereocenters. The van der Waals surface area contributed by atoms with Gasteiger partial charge in [0, 0.05) is 35.4 Å². The first-order chi connectivity index (χ1) is 17.2. The summed E-state index contributed by atoms with van der Waals surface area (Å²) in [6, 6.07) is 11.1. The second-order valence-corrected chi connectivity index (χ2v) is 9.50. The molecule has 188 valence electrons. The van der Waals surface area contributed by atoms with Crippen LogP contribution in [0.5, 0.6) is 11.5 Å². The van der Waals surface area contributed by atoms with Gasteiger partial charge >= 0.3 is 0 Å². The van der Waals surface area contributed by atoms with Gasteiger partial charge in [0.1, 0.15) is 34.5 Å².